The van der Waals surface area contributed by atoms with Gasteiger partial charge in [0.1, 0.15) is 17.9 Å². The van der Waals surface area contributed by atoms with Crippen LogP contribution in [-0.4, -0.2) is 31.6 Å². The first kappa shape index (κ1) is 14.2. The first-order valence-electron chi connectivity index (χ1n) is 5.80. The average Bonchev–Trinajstić information content (AvgIpc) is 2.34. The molecule has 0 aliphatic carbocycles. The van der Waals surface area contributed by atoms with Crippen molar-refractivity contribution in [1.82, 2.24) is 5.32 Å². The van der Waals surface area contributed by atoms with Crippen molar-refractivity contribution < 1.29 is 19.1 Å². The Kier molecular flexibility index (Phi) is 5.87. The number of hydrogen-bond donors (Lipinski definition) is 1. The molecule has 0 heterocycles. The quantitative estimate of drug-likeness (QED) is 0.470. The van der Waals surface area contributed by atoms with Gasteiger partial charge in [-0.25, -0.2) is 4.79 Å². The van der Waals surface area contributed by atoms with Gasteiger partial charge >= 0.3 is 11.9 Å². The molecule has 1 N–H and O–H groups in total. The molecule has 1 aromatic carbocycles. The summed E-state index contributed by atoms with van der Waals surface area (Å²) < 4.78 is 10.00. The highest BCUT2D eigenvalue weighted by Gasteiger charge is 2.14. The maximum absolute atomic E-state index is 11.8. The van der Waals surface area contributed by atoms with E-state index < -0.39 is 11.9 Å². The Balaban J connectivity index is 2.63. The maximum Gasteiger partial charge on any atom is 0.341 e. The smallest absolute Gasteiger partial charge is 0.341 e. The third-order valence-corrected chi connectivity index (χ3v) is 2.12. The van der Waals surface area contributed by atoms with Gasteiger partial charge in [-0.3, -0.25) is 4.79 Å². The molecule has 0 saturated carbocycles. The van der Waals surface area contributed by atoms with Crippen molar-refractivity contribution in [2.24, 2.45) is 0 Å². The first-order chi connectivity index (χ1) is 8.65. The fourth-order valence-electron chi connectivity index (χ4n) is 1.35. The second kappa shape index (κ2) is 7.45. The standard InChI is InChI=1S/C13H17NO4/c1-3-14-8-9-17-13(16)11-6-4-5-7-12(11)18-10(2)15/h4-7,14H,3,8-9H2,1-2H3. The zero-order chi connectivity index (χ0) is 13.4. The number of para-hydroxylation sites is 1. The van der Waals surface area contributed by atoms with Gasteiger partial charge in [0.05, 0.1) is 0 Å². The van der Waals surface area contributed by atoms with Crippen molar-refractivity contribution in [3.8, 4) is 5.75 Å². The highest BCUT2D eigenvalue weighted by Crippen LogP contribution is 2.18. The fraction of sp³-hybridized carbons (Fsp3) is 0.385. The molecular formula is C13H17NO4. The summed E-state index contributed by atoms with van der Waals surface area (Å²) in [7, 11) is 0. The van der Waals surface area contributed by atoms with Crippen LogP contribution in [0.25, 0.3) is 0 Å². The Morgan fingerprint density at radius 3 is 2.67 bits per heavy atom. The molecule has 0 unspecified atom stereocenters. The van der Waals surface area contributed by atoms with Gasteiger partial charge in [0.15, 0.2) is 0 Å². The van der Waals surface area contributed by atoms with Crippen molar-refractivity contribution in [3.63, 3.8) is 0 Å². The number of likely N-dealkylation sites (N-methyl/N-ethyl adjacent to an activating group) is 1. The molecule has 0 bridgehead atoms. The van der Waals surface area contributed by atoms with E-state index in [4.69, 9.17) is 9.47 Å². The summed E-state index contributed by atoms with van der Waals surface area (Å²) >= 11 is 0. The van der Waals surface area contributed by atoms with E-state index in [-0.39, 0.29) is 17.9 Å². The topological polar surface area (TPSA) is 64.6 Å². The number of hydrogen-bond acceptors (Lipinski definition) is 5. The van der Waals surface area contributed by atoms with E-state index in [2.05, 4.69) is 5.32 Å². The summed E-state index contributed by atoms with van der Waals surface area (Å²) in [5.74, 6) is -0.744. The highest BCUT2D eigenvalue weighted by atomic mass is 16.5. The summed E-state index contributed by atoms with van der Waals surface area (Å²) in [6.45, 7) is 4.95. The van der Waals surface area contributed by atoms with Crippen LogP contribution in [0.4, 0.5) is 0 Å². The van der Waals surface area contributed by atoms with Crippen molar-refractivity contribution in [2.75, 3.05) is 19.7 Å². The van der Waals surface area contributed by atoms with Crippen LogP contribution in [0.15, 0.2) is 24.3 Å². The first-order valence-corrected chi connectivity index (χ1v) is 5.80. The van der Waals surface area contributed by atoms with E-state index in [1.54, 1.807) is 24.3 Å². The molecule has 5 nitrogen and oxygen atoms in total. The minimum absolute atomic E-state index is 0.221. The molecule has 0 aliphatic rings. The number of benzene rings is 1. The van der Waals surface area contributed by atoms with E-state index in [0.29, 0.717) is 6.54 Å². The van der Waals surface area contributed by atoms with Crippen LogP contribution >= 0.6 is 0 Å². The molecule has 18 heavy (non-hydrogen) atoms. The zero-order valence-corrected chi connectivity index (χ0v) is 10.6. The van der Waals surface area contributed by atoms with E-state index in [0.717, 1.165) is 6.54 Å². The van der Waals surface area contributed by atoms with Gasteiger partial charge in [-0.15, -0.1) is 0 Å². The molecule has 0 amide bonds. The zero-order valence-electron chi connectivity index (χ0n) is 10.6. The molecule has 1 aromatic rings. The van der Waals surface area contributed by atoms with Crippen LogP contribution in [-0.2, 0) is 9.53 Å². The predicted molar refractivity (Wildman–Crippen MR) is 66.6 cm³/mol. The predicted octanol–water partition coefficient (Wildman–Crippen LogP) is 1.38. The summed E-state index contributed by atoms with van der Waals surface area (Å²) in [5, 5.41) is 3.04. The van der Waals surface area contributed by atoms with Crippen LogP contribution in [0.5, 0.6) is 5.75 Å². The van der Waals surface area contributed by atoms with E-state index in [1.807, 2.05) is 6.92 Å². The third-order valence-electron chi connectivity index (χ3n) is 2.12. The second-order valence-corrected chi connectivity index (χ2v) is 3.58. The number of esters is 2. The van der Waals surface area contributed by atoms with Crippen molar-refractivity contribution in [1.29, 1.82) is 0 Å². The second-order valence-electron chi connectivity index (χ2n) is 3.58. The number of carbonyl (C=O) groups excluding carboxylic acids is 2. The lowest BCUT2D eigenvalue weighted by molar-refractivity contribution is -0.131. The Labute approximate surface area is 106 Å². The van der Waals surface area contributed by atoms with Gasteiger partial charge in [-0.2, -0.15) is 0 Å². The lowest BCUT2D eigenvalue weighted by Gasteiger charge is -2.09. The summed E-state index contributed by atoms with van der Waals surface area (Å²) in [5.41, 5.74) is 0.254. The van der Waals surface area contributed by atoms with E-state index in [9.17, 15) is 9.59 Å². The van der Waals surface area contributed by atoms with Gasteiger partial charge in [0.2, 0.25) is 0 Å². The largest absolute Gasteiger partial charge is 0.461 e. The Morgan fingerprint density at radius 2 is 2.00 bits per heavy atom. The molecule has 1 rings (SSSR count). The SMILES string of the molecule is CCNCCOC(=O)c1ccccc1OC(C)=O. The molecule has 0 aliphatic heterocycles. The Hall–Kier alpha value is -1.88. The minimum atomic E-state index is -0.496. The number of ether oxygens (including phenoxy) is 2. The normalized spacial score (nSPS) is 9.89. The lowest BCUT2D eigenvalue weighted by Crippen LogP contribution is -2.21. The molecule has 98 valence electrons. The van der Waals surface area contributed by atoms with Gasteiger partial charge in [-0.1, -0.05) is 19.1 Å². The van der Waals surface area contributed by atoms with Crippen LogP contribution in [0.2, 0.25) is 0 Å². The van der Waals surface area contributed by atoms with E-state index in [1.165, 1.54) is 6.92 Å². The van der Waals surface area contributed by atoms with Crippen molar-refractivity contribution in [2.45, 2.75) is 13.8 Å². The van der Waals surface area contributed by atoms with Crippen molar-refractivity contribution in [3.05, 3.63) is 29.8 Å². The maximum atomic E-state index is 11.8. The summed E-state index contributed by atoms with van der Waals surface area (Å²) in [4.78, 5) is 22.7. The van der Waals surface area contributed by atoms with Gasteiger partial charge in [-0.05, 0) is 18.7 Å². The van der Waals surface area contributed by atoms with Gasteiger partial charge < -0.3 is 14.8 Å². The minimum Gasteiger partial charge on any atom is -0.461 e. The van der Waals surface area contributed by atoms with Gasteiger partial charge in [0.25, 0.3) is 0 Å². The average molecular weight is 251 g/mol. The van der Waals surface area contributed by atoms with Crippen molar-refractivity contribution >= 4 is 11.9 Å². The Bertz CT molecular complexity index is 417. The number of rotatable bonds is 6. The third kappa shape index (κ3) is 4.55. The van der Waals surface area contributed by atoms with E-state index >= 15 is 0 Å². The number of nitrogens with one attached hydrogen (secondary N) is 1. The van der Waals surface area contributed by atoms with Crippen LogP contribution in [0.1, 0.15) is 24.2 Å². The van der Waals surface area contributed by atoms with Crippen LogP contribution in [0, 0.1) is 0 Å². The van der Waals surface area contributed by atoms with Gasteiger partial charge in [0, 0.05) is 13.5 Å². The lowest BCUT2D eigenvalue weighted by atomic mass is 10.2. The summed E-state index contributed by atoms with van der Waals surface area (Å²) in [6.07, 6.45) is 0. The monoisotopic (exact) mass is 251 g/mol. The van der Waals surface area contributed by atoms with Crippen LogP contribution < -0.4 is 10.1 Å². The molecule has 0 saturated heterocycles. The molecule has 0 fully saturated rings. The molecule has 0 spiro atoms. The highest BCUT2D eigenvalue weighted by molar-refractivity contribution is 5.93. The van der Waals surface area contributed by atoms with Crippen LogP contribution in [0.3, 0.4) is 0 Å². The molecule has 0 radical (unpaired) electrons. The number of carbonyl (C=O) groups is 2. The molecule has 0 atom stereocenters. The molecule has 5 heteroatoms. The summed E-state index contributed by atoms with van der Waals surface area (Å²) in [6, 6.07) is 6.50. The molecule has 0 aromatic heterocycles. The molecular weight excluding hydrogens is 234 g/mol. The Morgan fingerprint density at radius 1 is 1.28 bits per heavy atom. The fourth-order valence-corrected chi connectivity index (χ4v) is 1.35.